The normalized spacial score (nSPS) is 19.1. The van der Waals surface area contributed by atoms with Gasteiger partial charge in [0.15, 0.2) is 0 Å². The SMILES string of the molecule is Cc1cc(N(C)C2CCCN(Cc3ccccc3)C2)ccn1. The van der Waals surface area contributed by atoms with Crippen molar-refractivity contribution in [2.75, 3.05) is 25.0 Å². The number of likely N-dealkylation sites (N-methyl/N-ethyl adjacent to an activating group) is 1. The largest absolute Gasteiger partial charge is 0.370 e. The van der Waals surface area contributed by atoms with Gasteiger partial charge in [-0.3, -0.25) is 9.88 Å². The van der Waals surface area contributed by atoms with Gasteiger partial charge in [0, 0.05) is 43.8 Å². The van der Waals surface area contributed by atoms with Gasteiger partial charge in [0.25, 0.3) is 0 Å². The highest BCUT2D eigenvalue weighted by atomic mass is 15.2. The van der Waals surface area contributed by atoms with Crippen molar-refractivity contribution in [3.05, 3.63) is 59.9 Å². The molecule has 1 saturated heterocycles. The molecule has 0 spiro atoms. The standard InChI is InChI=1S/C19H25N3/c1-16-13-18(10-11-20-16)21(2)19-9-6-12-22(15-19)14-17-7-4-3-5-8-17/h3-5,7-8,10-11,13,19H,6,9,12,14-15H2,1-2H3. The number of pyridine rings is 1. The molecule has 0 N–H and O–H groups in total. The maximum atomic E-state index is 4.30. The summed E-state index contributed by atoms with van der Waals surface area (Å²) in [7, 11) is 2.21. The van der Waals surface area contributed by atoms with Crippen LogP contribution in [0.1, 0.15) is 24.1 Å². The van der Waals surface area contributed by atoms with Crippen molar-refractivity contribution in [1.29, 1.82) is 0 Å². The molecule has 1 aromatic carbocycles. The second-order valence-corrected chi connectivity index (χ2v) is 6.28. The third-order valence-electron chi connectivity index (χ3n) is 4.56. The maximum Gasteiger partial charge on any atom is 0.0414 e. The van der Waals surface area contributed by atoms with Gasteiger partial charge in [0.05, 0.1) is 0 Å². The van der Waals surface area contributed by atoms with E-state index in [0.717, 1.165) is 18.8 Å². The number of rotatable bonds is 4. The Morgan fingerprint density at radius 1 is 1.23 bits per heavy atom. The molecule has 1 unspecified atom stereocenters. The fraction of sp³-hybridized carbons (Fsp3) is 0.421. The summed E-state index contributed by atoms with van der Waals surface area (Å²) in [5, 5.41) is 0. The summed E-state index contributed by atoms with van der Waals surface area (Å²) in [4.78, 5) is 9.30. The Labute approximate surface area is 133 Å². The third-order valence-corrected chi connectivity index (χ3v) is 4.56. The van der Waals surface area contributed by atoms with Crippen LogP contribution in [0, 0.1) is 6.92 Å². The first-order valence-corrected chi connectivity index (χ1v) is 8.14. The lowest BCUT2D eigenvalue weighted by molar-refractivity contribution is 0.199. The zero-order valence-corrected chi connectivity index (χ0v) is 13.6. The molecule has 1 aliphatic heterocycles. The predicted molar refractivity (Wildman–Crippen MR) is 92.1 cm³/mol. The van der Waals surface area contributed by atoms with Crippen molar-refractivity contribution in [1.82, 2.24) is 9.88 Å². The van der Waals surface area contributed by atoms with Gasteiger partial charge < -0.3 is 4.90 Å². The van der Waals surface area contributed by atoms with E-state index in [0.29, 0.717) is 6.04 Å². The monoisotopic (exact) mass is 295 g/mol. The molecule has 1 aliphatic rings. The van der Waals surface area contributed by atoms with Gasteiger partial charge >= 0.3 is 0 Å². The fourth-order valence-corrected chi connectivity index (χ4v) is 3.29. The van der Waals surface area contributed by atoms with Crippen molar-refractivity contribution >= 4 is 5.69 Å². The Hall–Kier alpha value is -1.87. The van der Waals surface area contributed by atoms with Gasteiger partial charge in [0.2, 0.25) is 0 Å². The first kappa shape index (κ1) is 15.0. The van der Waals surface area contributed by atoms with E-state index in [1.165, 1.54) is 30.6 Å². The predicted octanol–water partition coefficient (Wildman–Crippen LogP) is 3.49. The van der Waals surface area contributed by atoms with E-state index < -0.39 is 0 Å². The molecule has 3 heteroatoms. The lowest BCUT2D eigenvalue weighted by Crippen LogP contribution is -2.46. The minimum atomic E-state index is 0.583. The van der Waals surface area contributed by atoms with Crippen molar-refractivity contribution in [2.45, 2.75) is 32.4 Å². The molecule has 0 radical (unpaired) electrons. The number of piperidine rings is 1. The lowest BCUT2D eigenvalue weighted by Gasteiger charge is -2.38. The summed E-state index contributed by atoms with van der Waals surface area (Å²) in [5.41, 5.74) is 3.77. The number of anilines is 1. The smallest absolute Gasteiger partial charge is 0.0414 e. The quantitative estimate of drug-likeness (QED) is 0.860. The average Bonchev–Trinajstić information content (AvgIpc) is 2.55. The molecular formula is C19H25N3. The van der Waals surface area contributed by atoms with Crippen LogP contribution in [0.25, 0.3) is 0 Å². The van der Waals surface area contributed by atoms with Gasteiger partial charge in [-0.15, -0.1) is 0 Å². The summed E-state index contributed by atoms with van der Waals surface area (Å²) in [6.07, 6.45) is 4.45. The van der Waals surface area contributed by atoms with Crippen LogP contribution in [0.2, 0.25) is 0 Å². The Bertz CT molecular complexity index is 597. The van der Waals surface area contributed by atoms with Crippen LogP contribution in [-0.2, 0) is 6.54 Å². The molecule has 0 saturated carbocycles. The second kappa shape index (κ2) is 6.93. The van der Waals surface area contributed by atoms with Crippen LogP contribution >= 0.6 is 0 Å². The summed E-state index contributed by atoms with van der Waals surface area (Å²) < 4.78 is 0. The Balaban J connectivity index is 1.65. The number of aromatic nitrogens is 1. The molecule has 0 aliphatic carbocycles. The number of hydrogen-bond donors (Lipinski definition) is 0. The first-order valence-electron chi connectivity index (χ1n) is 8.14. The van der Waals surface area contributed by atoms with Crippen LogP contribution in [0.15, 0.2) is 48.7 Å². The van der Waals surface area contributed by atoms with Gasteiger partial charge in [-0.05, 0) is 44.0 Å². The zero-order valence-electron chi connectivity index (χ0n) is 13.6. The van der Waals surface area contributed by atoms with Crippen molar-refractivity contribution in [3.8, 4) is 0 Å². The second-order valence-electron chi connectivity index (χ2n) is 6.28. The highest BCUT2D eigenvalue weighted by Gasteiger charge is 2.23. The topological polar surface area (TPSA) is 19.4 Å². The van der Waals surface area contributed by atoms with Crippen LogP contribution in [0.5, 0.6) is 0 Å². The molecule has 3 nitrogen and oxygen atoms in total. The molecule has 1 atom stereocenters. The van der Waals surface area contributed by atoms with E-state index in [-0.39, 0.29) is 0 Å². The van der Waals surface area contributed by atoms with Crippen molar-refractivity contribution in [2.24, 2.45) is 0 Å². The molecular weight excluding hydrogens is 270 g/mol. The minimum Gasteiger partial charge on any atom is -0.370 e. The molecule has 2 heterocycles. The number of hydrogen-bond acceptors (Lipinski definition) is 3. The van der Waals surface area contributed by atoms with E-state index in [4.69, 9.17) is 0 Å². The minimum absolute atomic E-state index is 0.583. The maximum absolute atomic E-state index is 4.30. The molecule has 3 rings (SSSR count). The van der Waals surface area contributed by atoms with Gasteiger partial charge in [0.1, 0.15) is 0 Å². The van der Waals surface area contributed by atoms with E-state index >= 15 is 0 Å². The first-order chi connectivity index (χ1) is 10.7. The number of nitrogens with zero attached hydrogens (tertiary/aromatic N) is 3. The lowest BCUT2D eigenvalue weighted by atomic mass is 10.0. The van der Waals surface area contributed by atoms with Crippen LogP contribution in [0.3, 0.4) is 0 Å². The van der Waals surface area contributed by atoms with Crippen molar-refractivity contribution < 1.29 is 0 Å². The molecule has 2 aromatic rings. The number of aryl methyl sites for hydroxylation is 1. The molecule has 116 valence electrons. The third kappa shape index (κ3) is 3.66. The van der Waals surface area contributed by atoms with Crippen molar-refractivity contribution in [3.63, 3.8) is 0 Å². The molecule has 1 aromatic heterocycles. The molecule has 0 amide bonds. The Morgan fingerprint density at radius 2 is 2.05 bits per heavy atom. The van der Waals surface area contributed by atoms with Gasteiger partial charge in [-0.1, -0.05) is 30.3 Å². The molecule has 0 bridgehead atoms. The summed E-state index contributed by atoms with van der Waals surface area (Å²) >= 11 is 0. The van der Waals surface area contributed by atoms with Crippen LogP contribution in [-0.4, -0.2) is 36.1 Å². The average molecular weight is 295 g/mol. The Morgan fingerprint density at radius 3 is 2.82 bits per heavy atom. The summed E-state index contributed by atoms with van der Waals surface area (Å²) in [6, 6.07) is 15.7. The fourth-order valence-electron chi connectivity index (χ4n) is 3.29. The summed E-state index contributed by atoms with van der Waals surface area (Å²) in [5.74, 6) is 0. The molecule has 22 heavy (non-hydrogen) atoms. The van der Waals surface area contributed by atoms with E-state index in [2.05, 4.69) is 71.2 Å². The highest BCUT2D eigenvalue weighted by molar-refractivity contribution is 5.46. The number of likely N-dealkylation sites (tertiary alicyclic amines) is 1. The Kier molecular flexibility index (Phi) is 4.74. The van der Waals surface area contributed by atoms with E-state index in [1.807, 2.05) is 6.20 Å². The highest BCUT2D eigenvalue weighted by Crippen LogP contribution is 2.22. The van der Waals surface area contributed by atoms with Gasteiger partial charge in [-0.25, -0.2) is 0 Å². The van der Waals surface area contributed by atoms with Crippen LogP contribution in [0.4, 0.5) is 5.69 Å². The number of benzene rings is 1. The van der Waals surface area contributed by atoms with E-state index in [1.54, 1.807) is 0 Å². The summed E-state index contributed by atoms with van der Waals surface area (Å²) in [6.45, 7) is 5.45. The zero-order chi connectivity index (χ0) is 15.4. The van der Waals surface area contributed by atoms with Crippen LogP contribution < -0.4 is 4.90 Å². The van der Waals surface area contributed by atoms with E-state index in [9.17, 15) is 0 Å². The molecule has 1 fully saturated rings. The van der Waals surface area contributed by atoms with Gasteiger partial charge in [-0.2, -0.15) is 0 Å².